The zero-order chi connectivity index (χ0) is 15.6. The lowest BCUT2D eigenvalue weighted by molar-refractivity contribution is -0.115. The largest absolute Gasteiger partial charge is 0.493 e. The molecule has 1 aromatic rings. The smallest absolute Gasteiger partial charge is 0.248 e. The van der Waals surface area contributed by atoms with E-state index in [1.54, 1.807) is 27.2 Å². The van der Waals surface area contributed by atoms with Crippen molar-refractivity contribution in [1.29, 1.82) is 0 Å². The van der Waals surface area contributed by atoms with Gasteiger partial charge >= 0.3 is 0 Å². The zero-order valence-corrected chi connectivity index (χ0v) is 12.8. The van der Waals surface area contributed by atoms with Crippen LogP contribution in [0, 0.1) is 0 Å². The van der Waals surface area contributed by atoms with Crippen LogP contribution in [-0.2, 0) is 4.79 Å². The van der Waals surface area contributed by atoms with Crippen LogP contribution in [0.15, 0.2) is 29.5 Å². The minimum atomic E-state index is -0.523. The Hall–Kier alpha value is -2.28. The van der Waals surface area contributed by atoms with Crippen molar-refractivity contribution >= 4 is 23.2 Å². The van der Waals surface area contributed by atoms with Gasteiger partial charge in [0, 0.05) is 11.3 Å². The van der Waals surface area contributed by atoms with Gasteiger partial charge in [-0.3, -0.25) is 4.79 Å². The number of methoxy groups -OCH3 is 2. The van der Waals surface area contributed by atoms with Gasteiger partial charge in [0.05, 0.1) is 25.8 Å². The number of hydrogen-bond acceptors (Lipinski definition) is 4. The number of thiocarbonyl (C=S) groups is 1. The number of rotatable bonds is 4. The molecule has 2 rings (SSSR count). The predicted octanol–water partition coefficient (Wildman–Crippen LogP) is 0.982. The number of allylic oxidation sites excluding steroid dienone is 1. The maximum atomic E-state index is 11.8. The minimum absolute atomic E-state index is 0.412. The lowest BCUT2D eigenvalue weighted by Crippen LogP contribution is -2.46. The Labute approximate surface area is 128 Å². The Morgan fingerprint density at radius 1 is 1.33 bits per heavy atom. The first-order valence-electron chi connectivity index (χ1n) is 6.28. The van der Waals surface area contributed by atoms with Crippen molar-refractivity contribution in [3.63, 3.8) is 0 Å². The molecule has 0 spiro atoms. The summed E-state index contributed by atoms with van der Waals surface area (Å²) in [4.78, 5) is 11.8. The summed E-state index contributed by atoms with van der Waals surface area (Å²) in [6.45, 7) is 1.76. The van der Waals surface area contributed by atoms with Crippen LogP contribution in [0.1, 0.15) is 18.5 Å². The van der Waals surface area contributed by atoms with Gasteiger partial charge in [0.15, 0.2) is 16.6 Å². The van der Waals surface area contributed by atoms with E-state index in [1.807, 2.05) is 12.1 Å². The monoisotopic (exact) mass is 307 g/mol. The van der Waals surface area contributed by atoms with Gasteiger partial charge in [-0.15, -0.1) is 0 Å². The molecule has 4 N–H and O–H groups in total. The number of primary amides is 1. The first kappa shape index (κ1) is 15.1. The summed E-state index contributed by atoms with van der Waals surface area (Å²) < 4.78 is 10.7. The molecule has 0 aliphatic carbocycles. The molecule has 1 aliphatic rings. The Morgan fingerprint density at radius 3 is 2.62 bits per heavy atom. The number of ether oxygens (including phenoxy) is 2. The van der Waals surface area contributed by atoms with E-state index >= 15 is 0 Å². The summed E-state index contributed by atoms with van der Waals surface area (Å²) in [6.07, 6.45) is 0. The van der Waals surface area contributed by atoms with Crippen molar-refractivity contribution in [3.8, 4) is 11.5 Å². The van der Waals surface area contributed by atoms with Crippen LogP contribution in [0.25, 0.3) is 0 Å². The first-order valence-corrected chi connectivity index (χ1v) is 6.69. The molecule has 1 amide bonds. The maximum Gasteiger partial charge on any atom is 0.248 e. The SMILES string of the molecule is COc1cccc([C@@H]2NC(=S)NC(C)=C2C(N)=O)c1OC. The Kier molecular flexibility index (Phi) is 4.32. The van der Waals surface area contributed by atoms with Gasteiger partial charge in [-0.25, -0.2) is 0 Å². The number of carbonyl (C=O) groups is 1. The summed E-state index contributed by atoms with van der Waals surface area (Å²) in [6, 6.07) is 4.95. The summed E-state index contributed by atoms with van der Waals surface area (Å²) >= 11 is 5.16. The Bertz CT molecular complexity index is 628. The Morgan fingerprint density at radius 2 is 2.05 bits per heavy atom. The van der Waals surface area contributed by atoms with E-state index in [0.29, 0.717) is 27.9 Å². The molecule has 0 unspecified atom stereocenters. The highest BCUT2D eigenvalue weighted by molar-refractivity contribution is 7.80. The topological polar surface area (TPSA) is 85.6 Å². The number of benzene rings is 1. The molecular weight excluding hydrogens is 290 g/mol. The van der Waals surface area contributed by atoms with Crippen LogP contribution < -0.4 is 25.8 Å². The molecule has 1 atom stereocenters. The molecule has 7 heteroatoms. The first-order chi connectivity index (χ1) is 9.99. The number of nitrogens with two attached hydrogens (primary N) is 1. The van der Waals surface area contributed by atoms with E-state index in [1.165, 1.54) is 0 Å². The van der Waals surface area contributed by atoms with Gasteiger partial charge in [-0.1, -0.05) is 12.1 Å². The standard InChI is InChI=1S/C14H17N3O3S/c1-7-10(13(15)18)11(17-14(21)16-7)8-5-4-6-9(19-2)12(8)20-3/h4-6,11H,1-3H3,(H2,15,18)(H2,16,17,21)/t11-/m0/s1. The lowest BCUT2D eigenvalue weighted by atomic mass is 9.94. The highest BCUT2D eigenvalue weighted by Crippen LogP contribution is 2.38. The third kappa shape index (κ3) is 2.78. The number of nitrogens with one attached hydrogen (secondary N) is 2. The summed E-state index contributed by atoms with van der Waals surface area (Å²) in [5.41, 5.74) is 7.27. The second-order valence-corrected chi connectivity index (χ2v) is 4.93. The molecule has 21 heavy (non-hydrogen) atoms. The predicted molar refractivity (Wildman–Crippen MR) is 83.1 cm³/mol. The highest BCUT2D eigenvalue weighted by Gasteiger charge is 2.31. The average Bonchev–Trinajstić information content (AvgIpc) is 2.44. The van der Waals surface area contributed by atoms with Crippen molar-refractivity contribution in [2.45, 2.75) is 13.0 Å². The average molecular weight is 307 g/mol. The second-order valence-electron chi connectivity index (χ2n) is 4.52. The van der Waals surface area contributed by atoms with Gasteiger partial charge < -0.3 is 25.8 Å². The zero-order valence-electron chi connectivity index (χ0n) is 12.0. The third-order valence-electron chi connectivity index (χ3n) is 3.28. The number of para-hydroxylation sites is 1. The molecule has 0 saturated heterocycles. The number of amides is 1. The van der Waals surface area contributed by atoms with Crippen LogP contribution in [0.3, 0.4) is 0 Å². The lowest BCUT2D eigenvalue weighted by Gasteiger charge is -2.30. The van der Waals surface area contributed by atoms with Crippen LogP contribution >= 0.6 is 12.2 Å². The van der Waals surface area contributed by atoms with E-state index < -0.39 is 11.9 Å². The van der Waals surface area contributed by atoms with Crippen molar-refractivity contribution in [2.24, 2.45) is 5.73 Å². The minimum Gasteiger partial charge on any atom is -0.493 e. The molecule has 0 saturated carbocycles. The van der Waals surface area contributed by atoms with Gasteiger partial charge in [0.25, 0.3) is 0 Å². The number of hydrogen-bond donors (Lipinski definition) is 3. The highest BCUT2D eigenvalue weighted by atomic mass is 32.1. The third-order valence-corrected chi connectivity index (χ3v) is 3.50. The van der Waals surface area contributed by atoms with Crippen LogP contribution in [0.4, 0.5) is 0 Å². The maximum absolute atomic E-state index is 11.8. The summed E-state index contributed by atoms with van der Waals surface area (Å²) in [7, 11) is 3.10. The van der Waals surface area contributed by atoms with E-state index in [9.17, 15) is 4.79 Å². The van der Waals surface area contributed by atoms with Gasteiger partial charge in [0.1, 0.15) is 0 Å². The fraction of sp³-hybridized carbons (Fsp3) is 0.286. The fourth-order valence-corrected chi connectivity index (χ4v) is 2.66. The molecule has 0 aromatic heterocycles. The van der Waals surface area contributed by atoms with E-state index in [-0.39, 0.29) is 0 Å². The quantitative estimate of drug-likeness (QED) is 0.719. The molecule has 1 aromatic carbocycles. The molecular formula is C14H17N3O3S. The second kappa shape index (κ2) is 6.01. The molecule has 0 bridgehead atoms. The van der Waals surface area contributed by atoms with Crippen LogP contribution in [0.2, 0.25) is 0 Å². The van der Waals surface area contributed by atoms with Crippen LogP contribution in [-0.4, -0.2) is 25.2 Å². The molecule has 1 aliphatic heterocycles. The normalized spacial score (nSPS) is 17.9. The van der Waals surface area contributed by atoms with E-state index in [0.717, 1.165) is 5.56 Å². The van der Waals surface area contributed by atoms with Crippen molar-refractivity contribution in [1.82, 2.24) is 10.6 Å². The van der Waals surface area contributed by atoms with Gasteiger partial charge in [0.2, 0.25) is 5.91 Å². The molecule has 0 radical (unpaired) electrons. The van der Waals surface area contributed by atoms with Crippen LogP contribution in [0.5, 0.6) is 11.5 Å². The molecule has 1 heterocycles. The van der Waals surface area contributed by atoms with E-state index in [4.69, 9.17) is 27.4 Å². The van der Waals surface area contributed by atoms with Gasteiger partial charge in [-0.05, 0) is 25.2 Å². The van der Waals surface area contributed by atoms with E-state index in [2.05, 4.69) is 10.6 Å². The molecule has 112 valence electrons. The molecule has 0 fully saturated rings. The summed E-state index contributed by atoms with van der Waals surface area (Å²) in [5, 5.41) is 6.37. The Balaban J connectivity index is 2.61. The van der Waals surface area contributed by atoms with Gasteiger partial charge in [-0.2, -0.15) is 0 Å². The van der Waals surface area contributed by atoms with Crippen molar-refractivity contribution in [3.05, 3.63) is 35.0 Å². The van der Waals surface area contributed by atoms with Crippen molar-refractivity contribution < 1.29 is 14.3 Å². The van der Waals surface area contributed by atoms with Crippen molar-refractivity contribution in [2.75, 3.05) is 14.2 Å². The summed E-state index contributed by atoms with van der Waals surface area (Å²) in [5.74, 6) is 0.585. The number of carbonyl (C=O) groups excluding carboxylic acids is 1. The molecule has 6 nitrogen and oxygen atoms in total. The fourth-order valence-electron chi connectivity index (χ4n) is 2.39.